The van der Waals surface area contributed by atoms with Gasteiger partial charge in [0, 0.05) is 18.4 Å². The van der Waals surface area contributed by atoms with Gasteiger partial charge in [-0.3, -0.25) is 4.98 Å². The maximum Gasteiger partial charge on any atom is 0.0305 e. The Kier molecular flexibility index (Phi) is 2.70. The summed E-state index contributed by atoms with van der Waals surface area (Å²) in [6.07, 6.45) is 11.2. The van der Waals surface area contributed by atoms with Crippen LogP contribution in [0.25, 0.3) is 0 Å². The van der Waals surface area contributed by atoms with E-state index in [4.69, 9.17) is 0 Å². The second-order valence-corrected chi connectivity index (χ2v) is 7.08. The molecule has 0 aromatic carbocycles. The van der Waals surface area contributed by atoms with Gasteiger partial charge in [0.25, 0.3) is 0 Å². The van der Waals surface area contributed by atoms with Crippen LogP contribution < -0.4 is 5.32 Å². The molecule has 4 saturated carbocycles. The fourth-order valence-corrected chi connectivity index (χ4v) is 5.62. The number of rotatable bonds is 3. The fraction of sp³-hybridized carbons (Fsp3) is 0.706. The Morgan fingerprint density at radius 3 is 2.68 bits per heavy atom. The van der Waals surface area contributed by atoms with Crippen LogP contribution in [0.4, 0.5) is 0 Å². The summed E-state index contributed by atoms with van der Waals surface area (Å²) in [5.74, 6) is 2.80. The highest BCUT2D eigenvalue weighted by atomic mass is 14.9. The number of hydrogen-bond donors (Lipinski definition) is 1. The number of hydrogen-bond acceptors (Lipinski definition) is 2. The maximum atomic E-state index is 4.38. The molecule has 4 fully saturated rings. The normalized spacial score (nSPS) is 43.6. The van der Waals surface area contributed by atoms with Crippen molar-refractivity contribution in [2.45, 2.75) is 50.5 Å². The van der Waals surface area contributed by atoms with Crippen molar-refractivity contribution < 1.29 is 0 Å². The first-order valence-corrected chi connectivity index (χ1v) is 7.94. The number of aromatic nitrogens is 1. The van der Waals surface area contributed by atoms with E-state index in [0.717, 1.165) is 30.3 Å². The lowest BCUT2D eigenvalue weighted by atomic mass is 9.46. The van der Waals surface area contributed by atoms with Crippen LogP contribution in [0.2, 0.25) is 0 Å². The van der Waals surface area contributed by atoms with Crippen molar-refractivity contribution in [3.63, 3.8) is 0 Å². The van der Waals surface area contributed by atoms with Crippen LogP contribution in [0.1, 0.15) is 44.6 Å². The van der Waals surface area contributed by atoms with Crippen molar-refractivity contribution >= 4 is 0 Å². The quantitative estimate of drug-likeness (QED) is 0.898. The zero-order valence-corrected chi connectivity index (χ0v) is 11.8. The largest absolute Gasteiger partial charge is 0.314 e. The summed E-state index contributed by atoms with van der Waals surface area (Å²) < 4.78 is 0. The molecule has 1 N–H and O–H groups in total. The zero-order valence-electron chi connectivity index (χ0n) is 11.8. The minimum Gasteiger partial charge on any atom is -0.314 e. The molecule has 19 heavy (non-hydrogen) atoms. The second kappa shape index (κ2) is 4.31. The summed E-state index contributed by atoms with van der Waals surface area (Å²) in [6.45, 7) is 3.38. The lowest BCUT2D eigenvalue weighted by Crippen LogP contribution is -2.59. The molecule has 2 nitrogen and oxygen atoms in total. The van der Waals surface area contributed by atoms with Crippen LogP contribution in [-0.4, -0.2) is 17.6 Å². The van der Waals surface area contributed by atoms with E-state index < -0.39 is 0 Å². The van der Waals surface area contributed by atoms with Gasteiger partial charge >= 0.3 is 0 Å². The van der Waals surface area contributed by atoms with Crippen LogP contribution in [0.5, 0.6) is 0 Å². The Hall–Kier alpha value is -0.890. The van der Waals surface area contributed by atoms with E-state index in [9.17, 15) is 0 Å². The standard InChI is InChI=1S/C17H24N2/c1-2-19-16-13-6-12-7-14(16)10-17(8-12,9-13)15-4-3-5-18-11-15/h3-5,11-14,16,19H,2,6-10H2,1H3. The van der Waals surface area contributed by atoms with Gasteiger partial charge in [-0.2, -0.15) is 0 Å². The molecule has 0 aliphatic heterocycles. The van der Waals surface area contributed by atoms with Crippen molar-refractivity contribution in [1.82, 2.24) is 10.3 Å². The van der Waals surface area contributed by atoms with Gasteiger partial charge in [0.2, 0.25) is 0 Å². The monoisotopic (exact) mass is 256 g/mol. The Labute approximate surface area is 116 Å². The molecule has 2 heteroatoms. The first kappa shape index (κ1) is 11.9. The van der Waals surface area contributed by atoms with Crippen molar-refractivity contribution in [1.29, 1.82) is 0 Å². The molecular formula is C17H24N2. The third kappa shape index (κ3) is 1.76. The first-order chi connectivity index (χ1) is 9.31. The molecule has 4 aliphatic carbocycles. The van der Waals surface area contributed by atoms with Crippen LogP contribution >= 0.6 is 0 Å². The molecule has 1 aromatic heterocycles. The predicted molar refractivity (Wildman–Crippen MR) is 76.9 cm³/mol. The maximum absolute atomic E-state index is 4.38. The number of nitrogens with one attached hydrogen (secondary N) is 1. The lowest BCUT2D eigenvalue weighted by molar-refractivity contribution is -0.0344. The highest BCUT2D eigenvalue weighted by Gasteiger charge is 2.55. The summed E-state index contributed by atoms with van der Waals surface area (Å²) in [5, 5.41) is 3.78. The zero-order chi connectivity index (χ0) is 12.9. The van der Waals surface area contributed by atoms with E-state index in [0.29, 0.717) is 5.41 Å². The van der Waals surface area contributed by atoms with Gasteiger partial charge in [-0.25, -0.2) is 0 Å². The molecule has 1 heterocycles. The van der Waals surface area contributed by atoms with E-state index in [1.54, 1.807) is 0 Å². The summed E-state index contributed by atoms with van der Waals surface area (Å²) >= 11 is 0. The van der Waals surface area contributed by atoms with E-state index >= 15 is 0 Å². The minimum absolute atomic E-state index is 0.469. The van der Waals surface area contributed by atoms with Crippen LogP contribution in [0, 0.1) is 17.8 Å². The van der Waals surface area contributed by atoms with Gasteiger partial charge in [0.15, 0.2) is 0 Å². The molecule has 4 bridgehead atoms. The second-order valence-electron chi connectivity index (χ2n) is 7.08. The topological polar surface area (TPSA) is 24.9 Å². The Balaban J connectivity index is 1.67. The molecule has 5 rings (SSSR count). The molecule has 0 radical (unpaired) electrons. The summed E-state index contributed by atoms with van der Waals surface area (Å²) in [7, 11) is 0. The van der Waals surface area contributed by atoms with Crippen molar-refractivity contribution in [3.05, 3.63) is 30.1 Å². The van der Waals surface area contributed by atoms with Gasteiger partial charge in [0.05, 0.1) is 0 Å². The highest BCUT2D eigenvalue weighted by Crippen LogP contribution is 2.60. The van der Waals surface area contributed by atoms with Gasteiger partial charge in [-0.05, 0) is 73.4 Å². The highest BCUT2D eigenvalue weighted by molar-refractivity contribution is 5.27. The average molecular weight is 256 g/mol. The van der Waals surface area contributed by atoms with E-state index in [2.05, 4.69) is 35.6 Å². The third-order valence-electron chi connectivity index (χ3n) is 5.99. The molecule has 2 unspecified atom stereocenters. The molecule has 1 aromatic rings. The van der Waals surface area contributed by atoms with Gasteiger partial charge in [0.1, 0.15) is 0 Å². The Morgan fingerprint density at radius 2 is 2.05 bits per heavy atom. The molecule has 0 amide bonds. The smallest absolute Gasteiger partial charge is 0.0305 e. The van der Waals surface area contributed by atoms with Crippen molar-refractivity contribution in [2.75, 3.05) is 6.54 Å². The Bertz CT molecular complexity index is 440. The van der Waals surface area contributed by atoms with Crippen LogP contribution in [-0.2, 0) is 5.41 Å². The predicted octanol–water partition coefficient (Wildman–Crippen LogP) is 3.14. The molecule has 102 valence electrons. The Morgan fingerprint density at radius 1 is 1.26 bits per heavy atom. The van der Waals surface area contributed by atoms with E-state index in [-0.39, 0.29) is 0 Å². The average Bonchev–Trinajstić information content (AvgIpc) is 2.43. The summed E-state index contributed by atoms with van der Waals surface area (Å²) in [5.41, 5.74) is 1.99. The molecule has 4 aliphatic rings. The molecular weight excluding hydrogens is 232 g/mol. The van der Waals surface area contributed by atoms with Crippen molar-refractivity contribution in [3.8, 4) is 0 Å². The lowest BCUT2D eigenvalue weighted by Gasteiger charge is -2.60. The van der Waals surface area contributed by atoms with Crippen LogP contribution in [0.15, 0.2) is 24.5 Å². The third-order valence-corrected chi connectivity index (χ3v) is 5.99. The van der Waals surface area contributed by atoms with Gasteiger partial charge in [-0.1, -0.05) is 13.0 Å². The van der Waals surface area contributed by atoms with Crippen molar-refractivity contribution in [2.24, 2.45) is 17.8 Å². The number of nitrogens with zero attached hydrogens (tertiary/aromatic N) is 1. The molecule has 0 saturated heterocycles. The minimum atomic E-state index is 0.469. The van der Waals surface area contributed by atoms with Crippen LogP contribution in [0.3, 0.4) is 0 Å². The fourth-order valence-electron chi connectivity index (χ4n) is 5.62. The molecule has 0 spiro atoms. The number of pyridine rings is 1. The first-order valence-electron chi connectivity index (χ1n) is 7.94. The van der Waals surface area contributed by atoms with E-state index in [1.807, 2.05) is 6.20 Å². The summed E-state index contributed by atoms with van der Waals surface area (Å²) in [6, 6.07) is 5.24. The molecule has 2 atom stereocenters. The van der Waals surface area contributed by atoms with Gasteiger partial charge in [-0.15, -0.1) is 0 Å². The summed E-state index contributed by atoms with van der Waals surface area (Å²) in [4.78, 5) is 4.38. The van der Waals surface area contributed by atoms with E-state index in [1.165, 1.54) is 37.7 Å². The SMILES string of the molecule is CCNC1C2CC3CC1CC(c1cccnc1)(C3)C2. The van der Waals surface area contributed by atoms with Gasteiger partial charge < -0.3 is 5.32 Å².